The van der Waals surface area contributed by atoms with Crippen LogP contribution < -0.4 is 10.1 Å². The molecular formula is C13H17NO4. The lowest BCUT2D eigenvalue weighted by Gasteiger charge is -2.14. The molecule has 98 valence electrons. The van der Waals surface area contributed by atoms with Gasteiger partial charge in [0.2, 0.25) is 5.91 Å². The van der Waals surface area contributed by atoms with E-state index in [4.69, 9.17) is 4.74 Å². The van der Waals surface area contributed by atoms with Crippen molar-refractivity contribution in [3.8, 4) is 5.75 Å². The van der Waals surface area contributed by atoms with Gasteiger partial charge in [-0.25, -0.2) is 0 Å². The molecule has 18 heavy (non-hydrogen) atoms. The topological polar surface area (TPSA) is 75.6 Å². The number of nitrogens with one attached hydrogen (secondary N) is 1. The predicted molar refractivity (Wildman–Crippen MR) is 66.6 cm³/mol. The monoisotopic (exact) mass is 251 g/mol. The van der Waals surface area contributed by atoms with Gasteiger partial charge >= 0.3 is 0 Å². The Morgan fingerprint density at radius 2 is 2.00 bits per heavy atom. The van der Waals surface area contributed by atoms with Gasteiger partial charge in [-0.15, -0.1) is 0 Å². The molecule has 0 heterocycles. The van der Waals surface area contributed by atoms with E-state index >= 15 is 0 Å². The molecule has 5 heteroatoms. The van der Waals surface area contributed by atoms with Crippen LogP contribution in [0, 0.1) is 0 Å². The van der Waals surface area contributed by atoms with Gasteiger partial charge in [-0.2, -0.15) is 0 Å². The summed E-state index contributed by atoms with van der Waals surface area (Å²) in [7, 11) is 0. The highest BCUT2D eigenvalue weighted by molar-refractivity contribution is 5.96. The van der Waals surface area contributed by atoms with E-state index in [0.717, 1.165) is 0 Å². The highest BCUT2D eigenvalue weighted by Gasteiger charge is 2.10. The van der Waals surface area contributed by atoms with Crippen molar-refractivity contribution in [3.63, 3.8) is 0 Å². The zero-order chi connectivity index (χ0) is 13.5. The molecule has 0 saturated carbocycles. The fraction of sp³-hybridized carbons (Fsp3) is 0.385. The number of carbonyl (C=O) groups excluding carboxylic acids is 2. The van der Waals surface area contributed by atoms with E-state index in [1.807, 2.05) is 0 Å². The maximum Gasteiger partial charge on any atom is 0.216 e. The molecule has 1 atom stereocenters. The first-order chi connectivity index (χ1) is 8.50. The van der Waals surface area contributed by atoms with E-state index in [1.165, 1.54) is 13.8 Å². The van der Waals surface area contributed by atoms with Crippen LogP contribution in [0.4, 0.5) is 0 Å². The van der Waals surface area contributed by atoms with Gasteiger partial charge in [-0.05, 0) is 19.1 Å². The molecule has 0 aliphatic heterocycles. The molecule has 1 aromatic rings. The standard InChI is InChI=1S/C13H17NO4/c1-9(15)12-5-3-4-6-13(12)18-8-11(17)7-14-10(2)16/h3-6,11,17H,7-8H2,1-2H3,(H,14,16). The zero-order valence-electron chi connectivity index (χ0n) is 10.5. The molecule has 0 spiro atoms. The van der Waals surface area contributed by atoms with Crippen LogP contribution in [-0.4, -0.2) is 36.1 Å². The van der Waals surface area contributed by atoms with Crippen molar-refractivity contribution in [1.82, 2.24) is 5.32 Å². The van der Waals surface area contributed by atoms with Gasteiger partial charge in [0.15, 0.2) is 5.78 Å². The van der Waals surface area contributed by atoms with E-state index in [2.05, 4.69) is 5.32 Å². The van der Waals surface area contributed by atoms with Gasteiger partial charge < -0.3 is 15.2 Å². The number of rotatable bonds is 6. The molecule has 0 bridgehead atoms. The molecular weight excluding hydrogens is 234 g/mol. The number of para-hydroxylation sites is 1. The lowest BCUT2D eigenvalue weighted by Crippen LogP contribution is -2.34. The van der Waals surface area contributed by atoms with Crippen molar-refractivity contribution in [1.29, 1.82) is 0 Å². The quantitative estimate of drug-likeness (QED) is 0.732. The summed E-state index contributed by atoms with van der Waals surface area (Å²) in [6.45, 7) is 2.97. The van der Waals surface area contributed by atoms with Crippen molar-refractivity contribution in [2.24, 2.45) is 0 Å². The average molecular weight is 251 g/mol. The van der Waals surface area contributed by atoms with Crippen LogP contribution in [0.1, 0.15) is 24.2 Å². The number of aliphatic hydroxyl groups is 1. The predicted octanol–water partition coefficient (Wildman–Crippen LogP) is 0.765. The lowest BCUT2D eigenvalue weighted by atomic mass is 10.1. The van der Waals surface area contributed by atoms with Gasteiger partial charge in [0.05, 0.1) is 5.56 Å². The summed E-state index contributed by atoms with van der Waals surface area (Å²) in [5, 5.41) is 12.0. The number of Topliss-reactive ketones (excluding diaryl/α,β-unsaturated/α-hetero) is 1. The molecule has 1 unspecified atom stereocenters. The Balaban J connectivity index is 2.53. The van der Waals surface area contributed by atoms with E-state index in [0.29, 0.717) is 11.3 Å². The van der Waals surface area contributed by atoms with E-state index in [-0.39, 0.29) is 24.8 Å². The number of carbonyl (C=O) groups is 2. The Kier molecular flexibility index (Phi) is 5.32. The number of hydrogen-bond acceptors (Lipinski definition) is 4. The summed E-state index contributed by atoms with van der Waals surface area (Å²) in [4.78, 5) is 22.0. The number of hydrogen-bond donors (Lipinski definition) is 2. The Bertz CT molecular complexity index is 431. The smallest absolute Gasteiger partial charge is 0.216 e. The Hall–Kier alpha value is -1.88. The molecule has 0 radical (unpaired) electrons. The van der Waals surface area contributed by atoms with Crippen LogP contribution in [0.25, 0.3) is 0 Å². The third kappa shape index (κ3) is 4.55. The summed E-state index contributed by atoms with van der Waals surface area (Å²) in [6.07, 6.45) is -0.811. The molecule has 0 saturated heterocycles. The second-order valence-corrected chi connectivity index (χ2v) is 3.95. The van der Waals surface area contributed by atoms with Crippen molar-refractivity contribution in [2.75, 3.05) is 13.2 Å². The van der Waals surface area contributed by atoms with Crippen molar-refractivity contribution in [3.05, 3.63) is 29.8 Å². The van der Waals surface area contributed by atoms with Crippen molar-refractivity contribution < 1.29 is 19.4 Å². The van der Waals surface area contributed by atoms with Gasteiger partial charge in [0, 0.05) is 13.5 Å². The van der Waals surface area contributed by atoms with Gasteiger partial charge in [-0.3, -0.25) is 9.59 Å². The van der Waals surface area contributed by atoms with Crippen LogP contribution >= 0.6 is 0 Å². The maximum atomic E-state index is 11.3. The molecule has 1 amide bonds. The van der Waals surface area contributed by atoms with Crippen LogP contribution in [-0.2, 0) is 4.79 Å². The Labute approximate surface area is 106 Å². The number of amides is 1. The molecule has 0 fully saturated rings. The second kappa shape index (κ2) is 6.76. The van der Waals surface area contributed by atoms with Gasteiger partial charge in [0.25, 0.3) is 0 Å². The summed E-state index contributed by atoms with van der Waals surface area (Å²) in [5.41, 5.74) is 0.476. The van der Waals surface area contributed by atoms with Crippen LogP contribution in [0.2, 0.25) is 0 Å². The summed E-state index contributed by atoms with van der Waals surface area (Å²) in [5.74, 6) is 0.131. The first-order valence-corrected chi connectivity index (χ1v) is 5.66. The van der Waals surface area contributed by atoms with Gasteiger partial charge in [0.1, 0.15) is 18.5 Å². The van der Waals surface area contributed by atoms with Crippen molar-refractivity contribution >= 4 is 11.7 Å². The number of ketones is 1. The highest BCUT2D eigenvalue weighted by atomic mass is 16.5. The number of ether oxygens (including phenoxy) is 1. The molecule has 1 rings (SSSR count). The average Bonchev–Trinajstić information content (AvgIpc) is 2.34. The van der Waals surface area contributed by atoms with Crippen LogP contribution in [0.15, 0.2) is 24.3 Å². The minimum atomic E-state index is -0.811. The number of benzene rings is 1. The van der Waals surface area contributed by atoms with Crippen LogP contribution in [0.5, 0.6) is 5.75 Å². The number of aliphatic hydroxyl groups excluding tert-OH is 1. The van der Waals surface area contributed by atoms with E-state index in [1.54, 1.807) is 24.3 Å². The minimum absolute atomic E-state index is 0.0184. The largest absolute Gasteiger partial charge is 0.490 e. The second-order valence-electron chi connectivity index (χ2n) is 3.95. The SMILES string of the molecule is CC(=O)NCC(O)COc1ccccc1C(C)=O. The fourth-order valence-corrected chi connectivity index (χ4v) is 1.39. The Morgan fingerprint density at radius 1 is 1.33 bits per heavy atom. The summed E-state index contributed by atoms with van der Waals surface area (Å²) in [6, 6.07) is 6.83. The molecule has 0 aromatic heterocycles. The summed E-state index contributed by atoms with van der Waals surface area (Å²) < 4.78 is 5.37. The third-order valence-electron chi connectivity index (χ3n) is 2.28. The molecule has 5 nitrogen and oxygen atoms in total. The first kappa shape index (κ1) is 14.2. The minimum Gasteiger partial charge on any atom is -0.490 e. The lowest BCUT2D eigenvalue weighted by molar-refractivity contribution is -0.119. The van der Waals surface area contributed by atoms with E-state index in [9.17, 15) is 14.7 Å². The Morgan fingerprint density at radius 3 is 2.61 bits per heavy atom. The molecule has 1 aromatic carbocycles. The van der Waals surface area contributed by atoms with Crippen LogP contribution in [0.3, 0.4) is 0 Å². The fourth-order valence-electron chi connectivity index (χ4n) is 1.39. The normalized spacial score (nSPS) is 11.7. The zero-order valence-corrected chi connectivity index (χ0v) is 10.5. The third-order valence-corrected chi connectivity index (χ3v) is 2.28. The van der Waals surface area contributed by atoms with Crippen molar-refractivity contribution in [2.45, 2.75) is 20.0 Å². The molecule has 0 aliphatic carbocycles. The highest BCUT2D eigenvalue weighted by Crippen LogP contribution is 2.18. The van der Waals surface area contributed by atoms with Gasteiger partial charge in [-0.1, -0.05) is 12.1 Å². The summed E-state index contributed by atoms with van der Waals surface area (Å²) >= 11 is 0. The molecule has 0 aliphatic rings. The van der Waals surface area contributed by atoms with E-state index < -0.39 is 6.10 Å². The maximum absolute atomic E-state index is 11.3. The molecule has 2 N–H and O–H groups in total. The first-order valence-electron chi connectivity index (χ1n) is 5.66.